The molecule has 0 saturated heterocycles. The molecular formula is C18H16N2O4S. The number of anilines is 1. The molecule has 128 valence electrons. The van der Waals surface area contributed by atoms with Crippen molar-refractivity contribution in [1.82, 2.24) is 0 Å². The molecule has 6 nitrogen and oxygen atoms in total. The van der Waals surface area contributed by atoms with Crippen molar-refractivity contribution in [3.05, 3.63) is 59.7 Å². The number of carbonyl (C=O) groups is 2. The monoisotopic (exact) mass is 356 g/mol. The third-order valence-electron chi connectivity index (χ3n) is 3.35. The first kappa shape index (κ1) is 18.4. The van der Waals surface area contributed by atoms with E-state index in [1.165, 1.54) is 19.2 Å². The van der Waals surface area contributed by atoms with Gasteiger partial charge in [-0.15, -0.1) is 0 Å². The maximum atomic E-state index is 12.2. The van der Waals surface area contributed by atoms with E-state index in [0.717, 1.165) is 0 Å². The Balaban J connectivity index is 2.04. The molecule has 0 aromatic heterocycles. The molecule has 0 radical (unpaired) electrons. The summed E-state index contributed by atoms with van der Waals surface area (Å²) in [6.45, 7) is 1.45. The highest BCUT2D eigenvalue weighted by Crippen LogP contribution is 2.15. The van der Waals surface area contributed by atoms with Gasteiger partial charge in [-0.1, -0.05) is 12.1 Å². The summed E-state index contributed by atoms with van der Waals surface area (Å²) in [6.07, 6.45) is 0.425. The lowest BCUT2D eigenvalue weighted by molar-refractivity contribution is -0.123. The summed E-state index contributed by atoms with van der Waals surface area (Å²) in [4.78, 5) is 24.7. The summed E-state index contributed by atoms with van der Waals surface area (Å²) in [5.41, 5.74) is 1.13. The van der Waals surface area contributed by atoms with Crippen LogP contribution in [0, 0.1) is 11.3 Å². The first-order chi connectivity index (χ1) is 11.9. The number of benzene rings is 2. The maximum Gasteiger partial charge on any atom is 0.340 e. The molecule has 7 heteroatoms. The zero-order valence-corrected chi connectivity index (χ0v) is 14.5. The molecule has 2 aromatic rings. The molecular weight excluding hydrogens is 340 g/mol. The number of esters is 1. The zero-order valence-electron chi connectivity index (χ0n) is 13.7. The van der Waals surface area contributed by atoms with Gasteiger partial charge < -0.3 is 10.1 Å². The topological polar surface area (TPSA) is 96.3 Å². The number of rotatable bonds is 5. The van der Waals surface area contributed by atoms with Crippen molar-refractivity contribution in [2.45, 2.75) is 17.9 Å². The molecule has 2 atom stereocenters. The minimum absolute atomic E-state index is 0.168. The van der Waals surface area contributed by atoms with Crippen LogP contribution in [0.15, 0.2) is 53.4 Å². The van der Waals surface area contributed by atoms with Gasteiger partial charge in [-0.3, -0.25) is 9.00 Å². The lowest BCUT2D eigenvalue weighted by atomic mass is 10.2. The Kier molecular flexibility index (Phi) is 6.03. The van der Waals surface area contributed by atoms with E-state index in [0.29, 0.717) is 16.1 Å². The number of hydrogen-bond donors (Lipinski definition) is 1. The molecule has 1 N–H and O–H groups in total. The predicted octanol–water partition coefficient (Wildman–Crippen LogP) is 2.48. The number of ether oxygens (including phenoxy) is 1. The van der Waals surface area contributed by atoms with Gasteiger partial charge >= 0.3 is 5.97 Å². The van der Waals surface area contributed by atoms with Gasteiger partial charge in [0.05, 0.1) is 32.9 Å². The van der Waals surface area contributed by atoms with E-state index in [9.17, 15) is 13.8 Å². The molecule has 2 aromatic carbocycles. The molecule has 0 aliphatic heterocycles. The Hall–Kier alpha value is -2.98. The number of hydrogen-bond acceptors (Lipinski definition) is 5. The summed E-state index contributed by atoms with van der Waals surface area (Å²) in [6, 6.07) is 14.7. The Bertz CT molecular complexity index is 856. The number of carbonyl (C=O) groups excluding carboxylic acids is 2. The predicted molar refractivity (Wildman–Crippen MR) is 93.4 cm³/mol. The van der Waals surface area contributed by atoms with E-state index < -0.39 is 28.8 Å². The van der Waals surface area contributed by atoms with Gasteiger partial charge in [-0.2, -0.15) is 5.26 Å². The quantitative estimate of drug-likeness (QED) is 0.830. The van der Waals surface area contributed by atoms with Crippen molar-refractivity contribution < 1.29 is 18.5 Å². The van der Waals surface area contributed by atoms with Gasteiger partial charge in [0.15, 0.2) is 6.10 Å². The third kappa shape index (κ3) is 4.75. The molecule has 0 heterocycles. The van der Waals surface area contributed by atoms with E-state index >= 15 is 0 Å². The van der Waals surface area contributed by atoms with Crippen LogP contribution < -0.4 is 5.32 Å². The Labute approximate surface area is 147 Å². The van der Waals surface area contributed by atoms with Crippen LogP contribution in [0.4, 0.5) is 5.69 Å². The highest BCUT2D eigenvalue weighted by molar-refractivity contribution is 7.84. The molecule has 0 aliphatic carbocycles. The van der Waals surface area contributed by atoms with E-state index in [-0.39, 0.29) is 5.56 Å². The summed E-state index contributed by atoms with van der Waals surface area (Å²) in [5.74, 6) is -1.22. The molecule has 0 saturated carbocycles. The minimum atomic E-state index is -1.35. The second-order valence-corrected chi connectivity index (χ2v) is 6.52. The fourth-order valence-electron chi connectivity index (χ4n) is 2.04. The lowest BCUT2D eigenvalue weighted by Gasteiger charge is -2.14. The van der Waals surface area contributed by atoms with Crippen LogP contribution >= 0.6 is 0 Å². The molecule has 0 bridgehead atoms. The number of nitrogens with zero attached hydrogens (tertiary/aromatic N) is 1. The highest BCUT2D eigenvalue weighted by atomic mass is 32.2. The van der Waals surface area contributed by atoms with Crippen LogP contribution in [0.2, 0.25) is 0 Å². The normalized spacial score (nSPS) is 12.5. The second-order valence-electron chi connectivity index (χ2n) is 5.18. The van der Waals surface area contributed by atoms with Gasteiger partial charge in [0.2, 0.25) is 0 Å². The molecule has 0 aliphatic rings. The smallest absolute Gasteiger partial charge is 0.340 e. The molecule has 25 heavy (non-hydrogen) atoms. The Morgan fingerprint density at radius 2 is 1.80 bits per heavy atom. The van der Waals surface area contributed by atoms with Gasteiger partial charge in [0.25, 0.3) is 5.91 Å². The summed E-state index contributed by atoms with van der Waals surface area (Å²) in [7, 11) is -1.35. The van der Waals surface area contributed by atoms with Crippen molar-refractivity contribution in [3.8, 4) is 6.07 Å². The SMILES string of the molecule is C[C@H](OC(=O)c1ccccc1[S@@](C)=O)C(=O)Nc1ccc(C#N)cc1. The van der Waals surface area contributed by atoms with E-state index in [1.807, 2.05) is 6.07 Å². The van der Waals surface area contributed by atoms with Crippen LogP contribution in [0.1, 0.15) is 22.8 Å². The van der Waals surface area contributed by atoms with Crippen molar-refractivity contribution in [1.29, 1.82) is 5.26 Å². The average Bonchev–Trinajstić information content (AvgIpc) is 2.62. The third-order valence-corrected chi connectivity index (χ3v) is 4.33. The van der Waals surface area contributed by atoms with Crippen molar-refractivity contribution >= 4 is 28.4 Å². The largest absolute Gasteiger partial charge is 0.449 e. The fourth-order valence-corrected chi connectivity index (χ4v) is 2.77. The number of nitriles is 1. The van der Waals surface area contributed by atoms with E-state index in [4.69, 9.17) is 10.00 Å². The second kappa shape index (κ2) is 8.22. The van der Waals surface area contributed by atoms with E-state index in [1.54, 1.807) is 42.5 Å². The van der Waals surface area contributed by atoms with Crippen LogP contribution in [0.5, 0.6) is 0 Å². The van der Waals surface area contributed by atoms with Crippen molar-refractivity contribution in [2.24, 2.45) is 0 Å². The molecule has 2 rings (SSSR count). The first-order valence-electron chi connectivity index (χ1n) is 7.37. The summed E-state index contributed by atoms with van der Waals surface area (Å²) < 4.78 is 16.9. The zero-order chi connectivity index (χ0) is 18.4. The molecule has 0 unspecified atom stereocenters. The van der Waals surface area contributed by atoms with Gasteiger partial charge in [-0.25, -0.2) is 4.79 Å². The van der Waals surface area contributed by atoms with Crippen LogP contribution in [-0.4, -0.2) is 28.4 Å². The van der Waals surface area contributed by atoms with Crippen LogP contribution in [0.3, 0.4) is 0 Å². The highest BCUT2D eigenvalue weighted by Gasteiger charge is 2.21. The van der Waals surface area contributed by atoms with Crippen LogP contribution in [-0.2, 0) is 20.3 Å². The fraction of sp³-hybridized carbons (Fsp3) is 0.167. The Morgan fingerprint density at radius 1 is 1.16 bits per heavy atom. The summed E-state index contributed by atoms with van der Waals surface area (Å²) >= 11 is 0. The Morgan fingerprint density at radius 3 is 2.40 bits per heavy atom. The standard InChI is InChI=1S/C18H16N2O4S/c1-12(17(21)20-14-9-7-13(11-19)8-10-14)24-18(22)15-5-3-4-6-16(15)25(2)23/h3-10,12H,1-2H3,(H,20,21)/t12-,25+/m0/s1. The minimum Gasteiger partial charge on any atom is -0.449 e. The molecule has 1 amide bonds. The molecule has 0 fully saturated rings. The number of nitrogens with one attached hydrogen (secondary N) is 1. The van der Waals surface area contributed by atoms with Crippen molar-refractivity contribution in [2.75, 3.05) is 11.6 Å². The lowest BCUT2D eigenvalue weighted by Crippen LogP contribution is -2.30. The maximum absolute atomic E-state index is 12.2. The van der Waals surface area contributed by atoms with E-state index in [2.05, 4.69) is 5.32 Å². The number of amides is 1. The molecule has 0 spiro atoms. The van der Waals surface area contributed by atoms with Gasteiger partial charge in [0.1, 0.15) is 0 Å². The van der Waals surface area contributed by atoms with Gasteiger partial charge in [-0.05, 0) is 43.3 Å². The van der Waals surface area contributed by atoms with Crippen molar-refractivity contribution in [3.63, 3.8) is 0 Å². The van der Waals surface area contributed by atoms with Gasteiger partial charge in [0, 0.05) is 11.9 Å². The summed E-state index contributed by atoms with van der Waals surface area (Å²) in [5, 5.41) is 11.4. The average molecular weight is 356 g/mol. The first-order valence-corrected chi connectivity index (χ1v) is 8.92. The van der Waals surface area contributed by atoms with Crippen LogP contribution in [0.25, 0.3) is 0 Å².